The van der Waals surface area contributed by atoms with Crippen LogP contribution in [0.5, 0.6) is 0 Å². The van der Waals surface area contributed by atoms with E-state index in [1.165, 1.54) is 13.2 Å². The first kappa shape index (κ1) is 17.9. The minimum Gasteiger partial charge on any atom is -0.468 e. The molecule has 5 nitrogen and oxygen atoms in total. The predicted octanol–water partition coefficient (Wildman–Crippen LogP) is 2.35. The van der Waals surface area contributed by atoms with Crippen LogP contribution in [0.3, 0.4) is 0 Å². The van der Waals surface area contributed by atoms with E-state index in [-0.39, 0.29) is 11.3 Å². The Hall–Kier alpha value is -1.45. The van der Waals surface area contributed by atoms with Crippen LogP contribution in [0.15, 0.2) is 59.5 Å². The number of benzene rings is 2. The first-order valence-electron chi connectivity index (χ1n) is 6.82. The van der Waals surface area contributed by atoms with E-state index >= 15 is 0 Å². The second-order valence-corrected chi connectivity index (χ2v) is 7.66. The van der Waals surface area contributed by atoms with Gasteiger partial charge in [-0.2, -0.15) is 4.72 Å². The van der Waals surface area contributed by atoms with Crippen molar-refractivity contribution in [2.75, 3.05) is 7.11 Å². The lowest BCUT2D eigenvalue weighted by molar-refractivity contribution is -0.142. The molecular weight excluding hydrogens is 429 g/mol. The quantitative estimate of drug-likeness (QED) is 0.548. The number of hydrogen-bond donors (Lipinski definition) is 1. The van der Waals surface area contributed by atoms with E-state index in [1.807, 2.05) is 52.9 Å². The predicted molar refractivity (Wildman–Crippen MR) is 95.4 cm³/mol. The van der Waals surface area contributed by atoms with Crippen molar-refractivity contribution in [1.82, 2.24) is 4.72 Å². The molecule has 2 rings (SSSR count). The zero-order chi connectivity index (χ0) is 16.9. The maximum absolute atomic E-state index is 12.6. The number of ether oxygens (including phenoxy) is 1. The standard InChI is InChI=1S/C16H16INO4S/c1-22-16(19)14(11-12-7-3-2-4-8-12)18-23(20,21)15-10-6-5-9-13(15)17/h2-10,14,18H,11H2,1H3/t14-/m0/s1. The van der Waals surface area contributed by atoms with Crippen molar-refractivity contribution in [3.63, 3.8) is 0 Å². The van der Waals surface area contributed by atoms with E-state index in [1.54, 1.807) is 18.2 Å². The summed E-state index contributed by atoms with van der Waals surface area (Å²) in [4.78, 5) is 12.1. The van der Waals surface area contributed by atoms with Gasteiger partial charge in [0.15, 0.2) is 0 Å². The van der Waals surface area contributed by atoms with Gasteiger partial charge in [-0.15, -0.1) is 0 Å². The number of halogens is 1. The summed E-state index contributed by atoms with van der Waals surface area (Å²) in [5, 5.41) is 0. The minimum absolute atomic E-state index is 0.141. The normalized spacial score (nSPS) is 12.6. The molecule has 0 aliphatic heterocycles. The van der Waals surface area contributed by atoms with Gasteiger partial charge in [-0.25, -0.2) is 8.42 Å². The number of hydrogen-bond acceptors (Lipinski definition) is 4. The summed E-state index contributed by atoms with van der Waals surface area (Å²) < 4.78 is 32.9. The van der Waals surface area contributed by atoms with Crippen LogP contribution in [0.1, 0.15) is 5.56 Å². The molecule has 2 aromatic rings. The van der Waals surface area contributed by atoms with Gasteiger partial charge < -0.3 is 4.74 Å². The number of nitrogens with one attached hydrogen (secondary N) is 1. The average molecular weight is 445 g/mol. The molecule has 23 heavy (non-hydrogen) atoms. The lowest BCUT2D eigenvalue weighted by Crippen LogP contribution is -2.43. The lowest BCUT2D eigenvalue weighted by Gasteiger charge is -2.17. The molecule has 1 atom stereocenters. The van der Waals surface area contributed by atoms with Crippen LogP contribution in [0, 0.1) is 3.57 Å². The fourth-order valence-corrected chi connectivity index (χ4v) is 4.60. The topological polar surface area (TPSA) is 72.5 Å². The fourth-order valence-electron chi connectivity index (χ4n) is 2.08. The molecule has 0 saturated heterocycles. The van der Waals surface area contributed by atoms with Gasteiger partial charge in [-0.3, -0.25) is 4.79 Å². The van der Waals surface area contributed by atoms with Crippen molar-refractivity contribution < 1.29 is 17.9 Å². The van der Waals surface area contributed by atoms with Gasteiger partial charge in [0.25, 0.3) is 0 Å². The highest BCUT2D eigenvalue weighted by Gasteiger charge is 2.27. The Kier molecular flexibility index (Phi) is 6.14. The molecule has 0 unspecified atom stereocenters. The van der Waals surface area contributed by atoms with Crippen molar-refractivity contribution >= 4 is 38.6 Å². The summed E-state index contributed by atoms with van der Waals surface area (Å²) >= 11 is 1.95. The highest BCUT2D eigenvalue weighted by atomic mass is 127. The lowest BCUT2D eigenvalue weighted by atomic mass is 10.1. The number of carbonyl (C=O) groups excluding carboxylic acids is 1. The zero-order valence-electron chi connectivity index (χ0n) is 12.4. The Morgan fingerprint density at radius 2 is 1.74 bits per heavy atom. The molecule has 0 spiro atoms. The Bertz CT molecular complexity index is 778. The van der Waals surface area contributed by atoms with Crippen molar-refractivity contribution in [1.29, 1.82) is 0 Å². The summed E-state index contributed by atoms with van der Waals surface area (Å²) in [6.45, 7) is 0. The van der Waals surface area contributed by atoms with Gasteiger partial charge in [0.1, 0.15) is 6.04 Å². The summed E-state index contributed by atoms with van der Waals surface area (Å²) in [6.07, 6.45) is 0.218. The molecule has 0 aromatic heterocycles. The first-order chi connectivity index (χ1) is 10.9. The molecule has 2 aromatic carbocycles. The van der Waals surface area contributed by atoms with Crippen LogP contribution in [0.25, 0.3) is 0 Å². The van der Waals surface area contributed by atoms with Crippen LogP contribution < -0.4 is 4.72 Å². The van der Waals surface area contributed by atoms with Crippen molar-refractivity contribution in [2.24, 2.45) is 0 Å². The largest absolute Gasteiger partial charge is 0.468 e. The third-order valence-corrected chi connectivity index (χ3v) is 6.03. The van der Waals surface area contributed by atoms with Crippen molar-refractivity contribution in [3.8, 4) is 0 Å². The summed E-state index contributed by atoms with van der Waals surface area (Å²) in [5.41, 5.74) is 0.841. The number of sulfonamides is 1. The maximum Gasteiger partial charge on any atom is 0.324 e. The summed E-state index contributed by atoms with van der Waals surface area (Å²) in [5.74, 6) is -0.622. The molecule has 1 N–H and O–H groups in total. The van der Waals surface area contributed by atoms with E-state index < -0.39 is 22.0 Å². The van der Waals surface area contributed by atoms with Gasteiger partial charge in [-0.1, -0.05) is 42.5 Å². The summed E-state index contributed by atoms with van der Waals surface area (Å²) in [6, 6.07) is 14.8. The van der Waals surface area contributed by atoms with Crippen molar-refractivity contribution in [2.45, 2.75) is 17.4 Å². The zero-order valence-corrected chi connectivity index (χ0v) is 15.4. The van der Waals surface area contributed by atoms with Crippen LogP contribution in [0.4, 0.5) is 0 Å². The van der Waals surface area contributed by atoms with Crippen molar-refractivity contribution in [3.05, 3.63) is 63.7 Å². The Morgan fingerprint density at radius 3 is 2.35 bits per heavy atom. The molecule has 0 aliphatic rings. The van der Waals surface area contributed by atoms with E-state index in [4.69, 9.17) is 4.74 Å². The maximum atomic E-state index is 12.6. The van der Waals surface area contributed by atoms with Crippen LogP contribution >= 0.6 is 22.6 Å². The van der Waals surface area contributed by atoms with Crippen LogP contribution in [-0.2, 0) is 26.0 Å². The van der Waals surface area contributed by atoms with Crippen LogP contribution in [-0.4, -0.2) is 27.5 Å². The first-order valence-corrected chi connectivity index (χ1v) is 9.39. The molecular formula is C16H16INO4S. The third kappa shape index (κ3) is 4.76. The van der Waals surface area contributed by atoms with E-state index in [9.17, 15) is 13.2 Å². The molecule has 0 bridgehead atoms. The highest BCUT2D eigenvalue weighted by Crippen LogP contribution is 2.18. The van der Waals surface area contributed by atoms with E-state index in [0.717, 1.165) is 5.56 Å². The summed E-state index contributed by atoms with van der Waals surface area (Å²) in [7, 11) is -2.59. The van der Waals surface area contributed by atoms with Gasteiger partial charge >= 0.3 is 5.97 Å². The average Bonchev–Trinajstić information content (AvgIpc) is 2.54. The number of rotatable bonds is 6. The van der Waals surface area contributed by atoms with Gasteiger partial charge in [0, 0.05) is 3.57 Å². The molecule has 122 valence electrons. The van der Waals surface area contributed by atoms with Gasteiger partial charge in [0.05, 0.1) is 12.0 Å². The second-order valence-electron chi connectivity index (χ2n) is 4.82. The third-order valence-electron chi connectivity index (χ3n) is 3.19. The Labute approximate surface area is 149 Å². The smallest absolute Gasteiger partial charge is 0.324 e. The molecule has 0 amide bonds. The second kappa shape index (κ2) is 7.89. The number of carbonyl (C=O) groups is 1. The molecule has 0 heterocycles. The van der Waals surface area contributed by atoms with Crippen LogP contribution in [0.2, 0.25) is 0 Å². The minimum atomic E-state index is -3.82. The molecule has 0 radical (unpaired) electrons. The van der Waals surface area contributed by atoms with Gasteiger partial charge in [0.2, 0.25) is 10.0 Å². The highest BCUT2D eigenvalue weighted by molar-refractivity contribution is 14.1. The Morgan fingerprint density at radius 1 is 1.13 bits per heavy atom. The van der Waals surface area contributed by atoms with Gasteiger partial charge in [-0.05, 0) is 46.7 Å². The number of methoxy groups -OCH3 is 1. The molecule has 0 saturated carbocycles. The monoisotopic (exact) mass is 445 g/mol. The SMILES string of the molecule is COC(=O)[C@H](Cc1ccccc1)NS(=O)(=O)c1ccccc1I. The fraction of sp³-hybridized carbons (Fsp3) is 0.188. The number of esters is 1. The molecule has 0 fully saturated rings. The Balaban J connectivity index is 2.27. The van der Waals surface area contributed by atoms with E-state index in [0.29, 0.717) is 3.57 Å². The molecule has 0 aliphatic carbocycles. The molecule has 7 heteroatoms. The van der Waals surface area contributed by atoms with E-state index in [2.05, 4.69) is 4.72 Å².